The van der Waals surface area contributed by atoms with Gasteiger partial charge in [-0.2, -0.15) is 0 Å². The lowest BCUT2D eigenvalue weighted by molar-refractivity contribution is 0.198. The van der Waals surface area contributed by atoms with Crippen molar-refractivity contribution in [3.63, 3.8) is 0 Å². The minimum absolute atomic E-state index is 0.00440. The summed E-state index contributed by atoms with van der Waals surface area (Å²) >= 11 is 0. The molecule has 90 valence electrons. The number of carbonyl (C=O) groups is 1. The van der Waals surface area contributed by atoms with Crippen molar-refractivity contribution < 1.29 is 4.79 Å². The molecule has 3 N–H and O–H groups in total. The van der Waals surface area contributed by atoms with Crippen molar-refractivity contribution in [1.29, 1.82) is 0 Å². The standard InChI is InChI=1S/C11H25N3O/c1-11(2,3)13-10(15)14(4)9-7-5-6-8-12/h5-9,12H2,1-4H3,(H,13,15). The molecule has 4 nitrogen and oxygen atoms in total. The highest BCUT2D eigenvalue weighted by atomic mass is 16.2. The maximum atomic E-state index is 11.6. The number of nitrogens with one attached hydrogen (secondary N) is 1. The third-order valence-corrected chi connectivity index (χ3v) is 2.03. The zero-order valence-electron chi connectivity index (χ0n) is 10.5. The van der Waals surface area contributed by atoms with Crippen molar-refractivity contribution in [2.24, 2.45) is 5.73 Å². The summed E-state index contributed by atoms with van der Waals surface area (Å²) in [6, 6.07) is -0.00440. The molecule has 0 aliphatic heterocycles. The summed E-state index contributed by atoms with van der Waals surface area (Å²) in [7, 11) is 1.82. The van der Waals surface area contributed by atoms with Crippen LogP contribution in [0, 0.1) is 0 Å². The van der Waals surface area contributed by atoms with Gasteiger partial charge in [0.05, 0.1) is 0 Å². The Kier molecular flexibility index (Phi) is 6.32. The van der Waals surface area contributed by atoms with Crippen LogP contribution in [0.1, 0.15) is 40.0 Å². The normalized spacial score (nSPS) is 11.3. The zero-order valence-corrected chi connectivity index (χ0v) is 10.5. The Bertz CT molecular complexity index is 187. The third-order valence-electron chi connectivity index (χ3n) is 2.03. The zero-order chi connectivity index (χ0) is 11.9. The molecular formula is C11H25N3O. The second kappa shape index (κ2) is 6.67. The predicted octanol–water partition coefficient (Wildman–Crippen LogP) is 1.56. The molecule has 0 heterocycles. The molecular weight excluding hydrogens is 190 g/mol. The van der Waals surface area contributed by atoms with Crippen LogP contribution in [-0.4, -0.2) is 36.6 Å². The van der Waals surface area contributed by atoms with E-state index in [1.165, 1.54) is 0 Å². The first-order valence-corrected chi connectivity index (χ1v) is 5.60. The van der Waals surface area contributed by atoms with Crippen molar-refractivity contribution in [2.45, 2.75) is 45.6 Å². The SMILES string of the molecule is CN(CCCCCN)C(=O)NC(C)(C)C. The van der Waals surface area contributed by atoms with Gasteiger partial charge in [0.25, 0.3) is 0 Å². The molecule has 15 heavy (non-hydrogen) atoms. The average molecular weight is 215 g/mol. The van der Waals surface area contributed by atoms with E-state index in [-0.39, 0.29) is 11.6 Å². The van der Waals surface area contributed by atoms with Crippen molar-refractivity contribution >= 4 is 6.03 Å². The number of unbranched alkanes of at least 4 members (excludes halogenated alkanes) is 2. The molecule has 0 bridgehead atoms. The van der Waals surface area contributed by atoms with Crippen LogP contribution in [0.5, 0.6) is 0 Å². The van der Waals surface area contributed by atoms with E-state index in [9.17, 15) is 4.79 Å². The van der Waals surface area contributed by atoms with Gasteiger partial charge in [-0.15, -0.1) is 0 Å². The van der Waals surface area contributed by atoms with E-state index in [0.717, 1.165) is 32.4 Å². The van der Waals surface area contributed by atoms with Crippen molar-refractivity contribution in [2.75, 3.05) is 20.1 Å². The molecule has 0 fully saturated rings. The average Bonchev–Trinajstić information content (AvgIpc) is 2.09. The molecule has 0 unspecified atom stereocenters. The minimum Gasteiger partial charge on any atom is -0.333 e. The van der Waals surface area contributed by atoms with Crippen LogP contribution in [0.4, 0.5) is 4.79 Å². The van der Waals surface area contributed by atoms with Gasteiger partial charge in [0.1, 0.15) is 0 Å². The van der Waals surface area contributed by atoms with Gasteiger partial charge in [-0.1, -0.05) is 6.42 Å². The fourth-order valence-corrected chi connectivity index (χ4v) is 1.19. The maximum Gasteiger partial charge on any atom is 0.317 e. The van der Waals surface area contributed by atoms with Crippen LogP contribution in [0.25, 0.3) is 0 Å². The number of nitrogens with zero attached hydrogens (tertiary/aromatic N) is 1. The van der Waals surface area contributed by atoms with Gasteiger partial charge in [-0.3, -0.25) is 0 Å². The van der Waals surface area contributed by atoms with Crippen LogP contribution < -0.4 is 11.1 Å². The fraction of sp³-hybridized carbons (Fsp3) is 0.909. The lowest BCUT2D eigenvalue weighted by Gasteiger charge is -2.25. The maximum absolute atomic E-state index is 11.6. The van der Waals surface area contributed by atoms with Gasteiger partial charge in [0, 0.05) is 19.1 Å². The van der Waals surface area contributed by atoms with E-state index in [2.05, 4.69) is 5.32 Å². The van der Waals surface area contributed by atoms with Gasteiger partial charge in [0.2, 0.25) is 0 Å². The highest BCUT2D eigenvalue weighted by molar-refractivity contribution is 5.74. The quantitative estimate of drug-likeness (QED) is 0.684. The summed E-state index contributed by atoms with van der Waals surface area (Å²) in [5.41, 5.74) is 5.23. The molecule has 0 aromatic heterocycles. The van der Waals surface area contributed by atoms with Crippen LogP contribution in [0.3, 0.4) is 0 Å². The second-order valence-electron chi connectivity index (χ2n) is 4.95. The summed E-state index contributed by atoms with van der Waals surface area (Å²) in [6.45, 7) is 7.47. The molecule has 0 saturated carbocycles. The van der Waals surface area contributed by atoms with Gasteiger partial charge in [-0.05, 0) is 40.2 Å². The highest BCUT2D eigenvalue weighted by Crippen LogP contribution is 2.01. The summed E-state index contributed by atoms with van der Waals surface area (Å²) in [5, 5.41) is 2.92. The first-order valence-electron chi connectivity index (χ1n) is 5.60. The van der Waals surface area contributed by atoms with E-state index in [4.69, 9.17) is 5.73 Å². The monoisotopic (exact) mass is 215 g/mol. The van der Waals surface area contributed by atoms with Crippen LogP contribution in [0.15, 0.2) is 0 Å². The molecule has 2 amide bonds. The summed E-state index contributed by atoms with van der Waals surface area (Å²) < 4.78 is 0. The molecule has 0 aromatic rings. The van der Waals surface area contributed by atoms with E-state index in [0.29, 0.717) is 0 Å². The fourth-order valence-electron chi connectivity index (χ4n) is 1.19. The number of urea groups is 1. The molecule has 0 saturated heterocycles. The molecule has 0 aliphatic carbocycles. The Morgan fingerprint density at radius 2 is 1.87 bits per heavy atom. The third kappa shape index (κ3) is 8.24. The molecule has 0 atom stereocenters. The Hall–Kier alpha value is -0.770. The summed E-state index contributed by atoms with van der Waals surface area (Å²) in [4.78, 5) is 13.3. The number of nitrogens with two attached hydrogens (primary N) is 1. The Morgan fingerprint density at radius 1 is 1.27 bits per heavy atom. The van der Waals surface area contributed by atoms with Crippen LogP contribution >= 0.6 is 0 Å². The molecule has 4 heteroatoms. The predicted molar refractivity (Wildman–Crippen MR) is 63.8 cm³/mol. The number of carbonyl (C=O) groups excluding carboxylic acids is 1. The smallest absolute Gasteiger partial charge is 0.317 e. The van der Waals surface area contributed by atoms with Gasteiger partial charge < -0.3 is 16.0 Å². The lowest BCUT2D eigenvalue weighted by Crippen LogP contribution is -2.47. The molecule has 0 spiro atoms. The summed E-state index contributed by atoms with van der Waals surface area (Å²) in [6.07, 6.45) is 3.14. The number of rotatable bonds is 5. The van der Waals surface area contributed by atoms with Gasteiger partial charge in [-0.25, -0.2) is 4.79 Å². The van der Waals surface area contributed by atoms with Crippen LogP contribution in [-0.2, 0) is 0 Å². The Morgan fingerprint density at radius 3 is 2.33 bits per heavy atom. The van der Waals surface area contributed by atoms with Crippen LogP contribution in [0.2, 0.25) is 0 Å². The molecule has 0 aliphatic rings. The van der Waals surface area contributed by atoms with Crippen molar-refractivity contribution in [3.05, 3.63) is 0 Å². The minimum atomic E-state index is -0.164. The molecule has 0 radical (unpaired) electrons. The van der Waals surface area contributed by atoms with E-state index >= 15 is 0 Å². The van der Waals surface area contributed by atoms with Gasteiger partial charge in [0.15, 0.2) is 0 Å². The second-order valence-corrected chi connectivity index (χ2v) is 4.95. The van der Waals surface area contributed by atoms with E-state index in [1.54, 1.807) is 4.90 Å². The highest BCUT2D eigenvalue weighted by Gasteiger charge is 2.16. The Labute approximate surface area is 93.2 Å². The lowest BCUT2D eigenvalue weighted by atomic mass is 10.1. The summed E-state index contributed by atoms with van der Waals surface area (Å²) in [5.74, 6) is 0. The number of hydrogen-bond donors (Lipinski definition) is 2. The first kappa shape index (κ1) is 14.2. The molecule has 0 aromatic carbocycles. The van der Waals surface area contributed by atoms with Gasteiger partial charge >= 0.3 is 6.03 Å². The van der Waals surface area contributed by atoms with E-state index < -0.39 is 0 Å². The molecule has 0 rings (SSSR count). The van der Waals surface area contributed by atoms with Crippen molar-refractivity contribution in [1.82, 2.24) is 10.2 Å². The Balaban J connectivity index is 3.70. The van der Waals surface area contributed by atoms with Crippen molar-refractivity contribution in [3.8, 4) is 0 Å². The topological polar surface area (TPSA) is 58.4 Å². The van der Waals surface area contributed by atoms with E-state index in [1.807, 2.05) is 27.8 Å². The first-order chi connectivity index (χ1) is 6.87. The largest absolute Gasteiger partial charge is 0.333 e. The number of amides is 2. The number of hydrogen-bond acceptors (Lipinski definition) is 2.